The van der Waals surface area contributed by atoms with Gasteiger partial charge in [-0.25, -0.2) is 4.79 Å². The standard InChI is InChI=1S/C11H13NO3.C2HF3O2/c12-10(13)6-7-11(14)15-8-9-4-2-1-3-5-9;3-2(4,5)1(6)7/h1-5H,6-8H2,(H2,12,13);(H,6,7). The van der Waals surface area contributed by atoms with Crippen molar-refractivity contribution in [2.24, 2.45) is 5.73 Å². The van der Waals surface area contributed by atoms with Crippen LogP contribution in [0.4, 0.5) is 13.2 Å². The highest BCUT2D eigenvalue weighted by atomic mass is 19.4. The lowest BCUT2D eigenvalue weighted by Crippen LogP contribution is -2.21. The molecule has 6 nitrogen and oxygen atoms in total. The second-order valence-corrected chi connectivity index (χ2v) is 3.92. The Labute approximate surface area is 123 Å². The van der Waals surface area contributed by atoms with E-state index in [1.165, 1.54) is 0 Å². The van der Waals surface area contributed by atoms with Gasteiger partial charge in [0.15, 0.2) is 0 Å². The van der Waals surface area contributed by atoms with Crippen LogP contribution in [0.1, 0.15) is 18.4 Å². The predicted molar refractivity (Wildman–Crippen MR) is 68.4 cm³/mol. The van der Waals surface area contributed by atoms with Gasteiger partial charge in [0, 0.05) is 6.42 Å². The van der Waals surface area contributed by atoms with Crippen molar-refractivity contribution in [2.75, 3.05) is 0 Å². The minimum atomic E-state index is -5.08. The van der Waals surface area contributed by atoms with Crippen molar-refractivity contribution in [3.63, 3.8) is 0 Å². The molecule has 0 heterocycles. The fourth-order valence-corrected chi connectivity index (χ4v) is 1.04. The molecule has 122 valence electrons. The molecule has 0 saturated heterocycles. The first-order chi connectivity index (χ1) is 10.1. The lowest BCUT2D eigenvalue weighted by atomic mass is 10.2. The maximum absolute atomic E-state index is 11.1. The van der Waals surface area contributed by atoms with Gasteiger partial charge in [0.2, 0.25) is 5.91 Å². The van der Waals surface area contributed by atoms with E-state index in [1.807, 2.05) is 30.3 Å². The van der Waals surface area contributed by atoms with E-state index in [2.05, 4.69) is 0 Å². The zero-order valence-electron chi connectivity index (χ0n) is 11.3. The number of benzene rings is 1. The Balaban J connectivity index is 0.000000534. The van der Waals surface area contributed by atoms with Crippen LogP contribution in [-0.4, -0.2) is 29.1 Å². The van der Waals surface area contributed by atoms with Gasteiger partial charge in [0.1, 0.15) is 6.61 Å². The molecule has 3 N–H and O–H groups in total. The fourth-order valence-electron chi connectivity index (χ4n) is 1.04. The largest absolute Gasteiger partial charge is 0.490 e. The lowest BCUT2D eigenvalue weighted by Gasteiger charge is -2.03. The number of aliphatic carboxylic acids is 1. The van der Waals surface area contributed by atoms with Crippen LogP contribution in [0.25, 0.3) is 0 Å². The first kappa shape index (κ1) is 19.4. The van der Waals surface area contributed by atoms with E-state index in [0.29, 0.717) is 0 Å². The quantitative estimate of drug-likeness (QED) is 0.802. The molecule has 0 aliphatic carbocycles. The number of alkyl halides is 3. The average molecular weight is 321 g/mol. The minimum absolute atomic E-state index is 0.0353. The predicted octanol–water partition coefficient (Wildman–Crippen LogP) is 1.63. The number of carboxylic acid groups (broad SMARTS) is 1. The molecule has 1 aromatic carbocycles. The third-order valence-corrected chi connectivity index (χ3v) is 2.06. The molecule has 0 fully saturated rings. The van der Waals surface area contributed by atoms with Crippen LogP contribution in [0.3, 0.4) is 0 Å². The summed E-state index contributed by atoms with van der Waals surface area (Å²) in [5.41, 5.74) is 5.82. The van der Waals surface area contributed by atoms with Crippen LogP contribution in [0.2, 0.25) is 0 Å². The minimum Gasteiger partial charge on any atom is -0.475 e. The van der Waals surface area contributed by atoms with Gasteiger partial charge in [-0.1, -0.05) is 30.3 Å². The van der Waals surface area contributed by atoms with Gasteiger partial charge in [0.25, 0.3) is 0 Å². The van der Waals surface area contributed by atoms with Crippen molar-refractivity contribution in [3.8, 4) is 0 Å². The Morgan fingerprint density at radius 1 is 1.09 bits per heavy atom. The molecule has 0 radical (unpaired) electrons. The van der Waals surface area contributed by atoms with E-state index < -0.39 is 24.0 Å². The van der Waals surface area contributed by atoms with Gasteiger partial charge >= 0.3 is 18.1 Å². The molecule has 0 aliphatic heterocycles. The number of ether oxygens (including phenoxy) is 1. The number of amides is 1. The van der Waals surface area contributed by atoms with E-state index in [-0.39, 0.29) is 19.4 Å². The summed E-state index contributed by atoms with van der Waals surface area (Å²) in [5, 5.41) is 7.12. The summed E-state index contributed by atoms with van der Waals surface area (Å²) < 4.78 is 36.7. The lowest BCUT2D eigenvalue weighted by molar-refractivity contribution is -0.192. The number of rotatable bonds is 5. The number of carbonyl (C=O) groups excluding carboxylic acids is 2. The summed E-state index contributed by atoms with van der Waals surface area (Å²) >= 11 is 0. The number of nitrogens with two attached hydrogens (primary N) is 1. The van der Waals surface area contributed by atoms with Crippen LogP contribution >= 0.6 is 0 Å². The topological polar surface area (TPSA) is 107 Å². The van der Waals surface area contributed by atoms with Crippen molar-refractivity contribution in [1.82, 2.24) is 0 Å². The van der Waals surface area contributed by atoms with Crippen LogP contribution in [0.5, 0.6) is 0 Å². The number of esters is 1. The fraction of sp³-hybridized carbons (Fsp3) is 0.308. The van der Waals surface area contributed by atoms with Crippen molar-refractivity contribution in [3.05, 3.63) is 35.9 Å². The second kappa shape index (κ2) is 9.37. The number of halogens is 3. The molecule has 0 aliphatic rings. The highest BCUT2D eigenvalue weighted by Crippen LogP contribution is 2.13. The Morgan fingerprint density at radius 3 is 2.00 bits per heavy atom. The van der Waals surface area contributed by atoms with Crippen LogP contribution in [-0.2, 0) is 25.7 Å². The van der Waals surface area contributed by atoms with Gasteiger partial charge in [-0.3, -0.25) is 9.59 Å². The SMILES string of the molecule is NC(=O)CCC(=O)OCc1ccccc1.O=C(O)C(F)(F)F. The van der Waals surface area contributed by atoms with Gasteiger partial charge in [-0.15, -0.1) is 0 Å². The number of carbonyl (C=O) groups is 3. The molecule has 1 aromatic rings. The van der Waals surface area contributed by atoms with Gasteiger partial charge in [0.05, 0.1) is 6.42 Å². The monoisotopic (exact) mass is 321 g/mol. The normalized spacial score (nSPS) is 10.1. The molecule has 0 spiro atoms. The third kappa shape index (κ3) is 10.2. The molecule has 0 aromatic heterocycles. The number of primary amides is 1. The molecule has 1 amide bonds. The van der Waals surface area contributed by atoms with Crippen LogP contribution in [0, 0.1) is 0 Å². The highest BCUT2D eigenvalue weighted by molar-refractivity contribution is 5.79. The van der Waals surface area contributed by atoms with E-state index in [1.54, 1.807) is 0 Å². The molecular weight excluding hydrogens is 307 g/mol. The molecule has 0 saturated carbocycles. The summed E-state index contributed by atoms with van der Waals surface area (Å²) in [7, 11) is 0. The van der Waals surface area contributed by atoms with Crippen molar-refractivity contribution in [2.45, 2.75) is 25.6 Å². The zero-order chi connectivity index (χ0) is 17.2. The number of carboxylic acids is 1. The molecule has 0 atom stereocenters. The molecule has 22 heavy (non-hydrogen) atoms. The summed E-state index contributed by atoms with van der Waals surface area (Å²) in [5.74, 6) is -3.66. The second-order valence-electron chi connectivity index (χ2n) is 3.92. The van der Waals surface area contributed by atoms with Crippen molar-refractivity contribution < 1.29 is 37.4 Å². The van der Waals surface area contributed by atoms with E-state index >= 15 is 0 Å². The van der Waals surface area contributed by atoms with E-state index in [9.17, 15) is 22.8 Å². The van der Waals surface area contributed by atoms with Gasteiger partial charge in [-0.05, 0) is 5.56 Å². The van der Waals surface area contributed by atoms with Gasteiger partial charge < -0.3 is 15.6 Å². The van der Waals surface area contributed by atoms with Crippen molar-refractivity contribution >= 4 is 17.8 Å². The van der Waals surface area contributed by atoms with Crippen molar-refractivity contribution in [1.29, 1.82) is 0 Å². The molecule has 0 bridgehead atoms. The maximum atomic E-state index is 11.1. The van der Waals surface area contributed by atoms with E-state index in [4.69, 9.17) is 20.4 Å². The summed E-state index contributed by atoms with van der Waals surface area (Å²) in [6.07, 6.45) is -5.00. The Kier molecular flexibility index (Phi) is 8.27. The molecular formula is C13H14F3NO5. The average Bonchev–Trinajstić information content (AvgIpc) is 2.43. The molecule has 9 heteroatoms. The Bertz CT molecular complexity index is 502. The number of hydrogen-bond acceptors (Lipinski definition) is 4. The smallest absolute Gasteiger partial charge is 0.475 e. The molecule has 1 rings (SSSR count). The van der Waals surface area contributed by atoms with Crippen LogP contribution < -0.4 is 5.73 Å². The maximum Gasteiger partial charge on any atom is 0.490 e. The summed E-state index contributed by atoms with van der Waals surface area (Å²) in [4.78, 5) is 30.4. The highest BCUT2D eigenvalue weighted by Gasteiger charge is 2.38. The third-order valence-electron chi connectivity index (χ3n) is 2.06. The van der Waals surface area contributed by atoms with Gasteiger partial charge in [-0.2, -0.15) is 13.2 Å². The van der Waals surface area contributed by atoms with E-state index in [0.717, 1.165) is 5.56 Å². The Hall–Kier alpha value is -2.58. The molecule has 0 unspecified atom stereocenters. The number of hydrogen-bond donors (Lipinski definition) is 2. The summed E-state index contributed by atoms with van der Waals surface area (Å²) in [6, 6.07) is 9.35. The summed E-state index contributed by atoms with van der Waals surface area (Å²) in [6.45, 7) is 0.235. The first-order valence-corrected chi connectivity index (χ1v) is 5.91. The Morgan fingerprint density at radius 2 is 1.59 bits per heavy atom. The van der Waals surface area contributed by atoms with Crippen LogP contribution in [0.15, 0.2) is 30.3 Å². The zero-order valence-corrected chi connectivity index (χ0v) is 11.3. The first-order valence-electron chi connectivity index (χ1n) is 5.91.